The summed E-state index contributed by atoms with van der Waals surface area (Å²) in [6.07, 6.45) is 2.32. The molecule has 1 aromatic carbocycles. The van der Waals surface area contributed by atoms with Gasteiger partial charge in [0.2, 0.25) is 0 Å². The van der Waals surface area contributed by atoms with E-state index in [1.807, 2.05) is 50.5 Å². The molecule has 0 saturated carbocycles. The van der Waals surface area contributed by atoms with Gasteiger partial charge in [0, 0.05) is 39.6 Å². The number of anilines is 1. The average molecular weight is 426 g/mol. The van der Waals surface area contributed by atoms with Crippen molar-refractivity contribution in [3.8, 4) is 0 Å². The fourth-order valence-electron chi connectivity index (χ4n) is 2.15. The van der Waals surface area contributed by atoms with Gasteiger partial charge in [0.05, 0.1) is 20.2 Å². The molecule has 0 saturated heterocycles. The van der Waals surface area contributed by atoms with Gasteiger partial charge in [0.25, 0.3) is 0 Å². The molecule has 0 bridgehead atoms. The number of nitrogens with zero attached hydrogens (tertiary/aromatic N) is 5. The van der Waals surface area contributed by atoms with Gasteiger partial charge in [0.1, 0.15) is 6.61 Å². The smallest absolute Gasteiger partial charge is 0.382 e. The van der Waals surface area contributed by atoms with Gasteiger partial charge in [0.15, 0.2) is 10.3 Å². The summed E-state index contributed by atoms with van der Waals surface area (Å²) in [6, 6.07) is 10.2. The molecule has 1 rings (SSSR count). The highest BCUT2D eigenvalue weighted by Gasteiger charge is 2.08. The molecule has 0 fully saturated rings. The number of ether oxygens (including phenoxy) is 2. The van der Waals surface area contributed by atoms with Crippen molar-refractivity contribution >= 4 is 45.6 Å². The van der Waals surface area contributed by atoms with Gasteiger partial charge in [-0.25, -0.2) is 4.99 Å². The largest absolute Gasteiger partial charge is 0.454 e. The minimum absolute atomic E-state index is 0.274. The number of hydrogen-bond acceptors (Lipinski definition) is 7. The molecule has 7 nitrogen and oxygen atoms in total. The topological polar surface area (TPSA) is 62.0 Å². The van der Waals surface area contributed by atoms with Gasteiger partial charge in [-0.15, -0.1) is 0 Å². The maximum atomic E-state index is 5.37. The Morgan fingerprint density at radius 2 is 1.71 bits per heavy atom. The molecule has 0 unspecified atom stereocenters. The lowest BCUT2D eigenvalue weighted by Crippen LogP contribution is -2.24. The summed E-state index contributed by atoms with van der Waals surface area (Å²) in [4.78, 5) is 17.3. The second-order valence-corrected chi connectivity index (χ2v) is 7.55. The van der Waals surface area contributed by atoms with E-state index in [4.69, 9.17) is 14.5 Å². The second-order valence-electron chi connectivity index (χ2n) is 5.71. The zero-order valence-corrected chi connectivity index (χ0v) is 19.2. The number of para-hydroxylation sites is 1. The maximum Gasteiger partial charge on any atom is 0.382 e. The third-order valence-corrected chi connectivity index (χ3v) is 5.39. The van der Waals surface area contributed by atoms with Crippen LogP contribution in [0.3, 0.4) is 0 Å². The maximum absolute atomic E-state index is 5.37. The van der Waals surface area contributed by atoms with Gasteiger partial charge < -0.3 is 19.3 Å². The third kappa shape index (κ3) is 8.88. The molecule has 1 aromatic rings. The van der Waals surface area contributed by atoms with Crippen LogP contribution in [0.25, 0.3) is 0 Å². The molecule has 0 aliphatic heterocycles. The van der Waals surface area contributed by atoms with Gasteiger partial charge in [-0.2, -0.15) is 0 Å². The first-order valence-corrected chi connectivity index (χ1v) is 11.1. The van der Waals surface area contributed by atoms with E-state index in [2.05, 4.69) is 27.0 Å². The molecule has 0 radical (unpaired) electrons. The predicted octanol–water partition coefficient (Wildman–Crippen LogP) is 3.14. The van der Waals surface area contributed by atoms with Crippen molar-refractivity contribution in [3.05, 3.63) is 30.3 Å². The molecule has 156 valence electrons. The first-order valence-electron chi connectivity index (χ1n) is 8.88. The Morgan fingerprint density at radius 3 is 2.29 bits per heavy atom. The number of benzene rings is 1. The molecule has 9 heteroatoms. The number of methoxy groups -OCH3 is 1. The van der Waals surface area contributed by atoms with Crippen molar-refractivity contribution < 1.29 is 9.47 Å². The molecular weight excluding hydrogens is 394 g/mol. The summed E-state index contributed by atoms with van der Waals surface area (Å²) < 4.78 is 10.3. The van der Waals surface area contributed by atoms with Crippen LogP contribution in [-0.4, -0.2) is 88.3 Å². The Balaban J connectivity index is 2.52. The second kappa shape index (κ2) is 14.2. The summed E-state index contributed by atoms with van der Waals surface area (Å²) in [5.41, 5.74) is 1.13. The van der Waals surface area contributed by atoms with E-state index in [1.165, 1.54) is 7.11 Å². The molecule has 0 aliphatic rings. The molecule has 0 aliphatic carbocycles. The standard InChI is InChI=1S/C19H31N5O2S2/c1-20-19(25-5)26-14-12-21-17(23(2)3)28-15-13-22-18(27-6)24(4)16-10-8-7-9-11-16/h7-11H,12-15H2,1-6H3. The summed E-state index contributed by atoms with van der Waals surface area (Å²) in [5, 5.41) is 1.95. The molecular formula is C19H31N5O2S2. The molecule has 0 heterocycles. The summed E-state index contributed by atoms with van der Waals surface area (Å²) >= 11 is 3.33. The molecule has 0 aromatic heterocycles. The Kier molecular flexibility index (Phi) is 12.2. The van der Waals surface area contributed by atoms with Crippen LogP contribution in [0, 0.1) is 0 Å². The van der Waals surface area contributed by atoms with Gasteiger partial charge in [-0.1, -0.05) is 41.7 Å². The minimum Gasteiger partial charge on any atom is -0.454 e. The fourth-order valence-corrected chi connectivity index (χ4v) is 3.56. The molecule has 0 amide bonds. The van der Waals surface area contributed by atoms with Crippen molar-refractivity contribution in [3.63, 3.8) is 0 Å². The highest BCUT2D eigenvalue weighted by Crippen LogP contribution is 2.16. The molecule has 0 atom stereocenters. The van der Waals surface area contributed by atoms with E-state index in [9.17, 15) is 0 Å². The van der Waals surface area contributed by atoms with Crippen molar-refractivity contribution in [2.75, 3.05) is 71.9 Å². The molecule has 28 heavy (non-hydrogen) atoms. The zero-order chi connectivity index (χ0) is 20.8. The van der Waals surface area contributed by atoms with E-state index in [1.54, 1.807) is 30.6 Å². The molecule has 0 spiro atoms. The van der Waals surface area contributed by atoms with E-state index in [0.29, 0.717) is 13.2 Å². The average Bonchev–Trinajstić information content (AvgIpc) is 2.72. The van der Waals surface area contributed by atoms with Crippen molar-refractivity contribution in [2.45, 2.75) is 0 Å². The minimum atomic E-state index is 0.274. The Labute approximate surface area is 177 Å². The number of aliphatic imine (C=N–C) groups is 3. The van der Waals surface area contributed by atoms with Crippen LogP contribution in [0.2, 0.25) is 0 Å². The van der Waals surface area contributed by atoms with Crippen molar-refractivity contribution in [2.24, 2.45) is 15.0 Å². The predicted molar refractivity (Wildman–Crippen MR) is 125 cm³/mol. The first kappa shape index (κ1) is 24.2. The van der Waals surface area contributed by atoms with Crippen LogP contribution < -0.4 is 4.90 Å². The highest BCUT2D eigenvalue weighted by atomic mass is 32.2. The number of amidine groups is 2. The monoisotopic (exact) mass is 425 g/mol. The Bertz CT molecular complexity index is 651. The third-order valence-electron chi connectivity index (χ3n) is 3.49. The van der Waals surface area contributed by atoms with E-state index >= 15 is 0 Å². The van der Waals surface area contributed by atoms with Gasteiger partial charge in [-0.3, -0.25) is 9.98 Å². The Hall–Kier alpha value is -1.87. The first-order chi connectivity index (χ1) is 13.5. The van der Waals surface area contributed by atoms with Crippen LogP contribution in [0.1, 0.15) is 0 Å². The van der Waals surface area contributed by atoms with Gasteiger partial charge in [-0.05, 0) is 18.4 Å². The zero-order valence-electron chi connectivity index (χ0n) is 17.6. The van der Waals surface area contributed by atoms with Crippen LogP contribution >= 0.6 is 23.5 Å². The number of rotatable bonds is 7. The molecule has 0 N–H and O–H groups in total. The van der Waals surface area contributed by atoms with Crippen LogP contribution in [0.5, 0.6) is 0 Å². The van der Waals surface area contributed by atoms with Crippen LogP contribution in [-0.2, 0) is 9.47 Å². The van der Waals surface area contributed by atoms with E-state index < -0.39 is 0 Å². The van der Waals surface area contributed by atoms with E-state index in [-0.39, 0.29) is 6.08 Å². The van der Waals surface area contributed by atoms with Crippen LogP contribution in [0.4, 0.5) is 5.69 Å². The van der Waals surface area contributed by atoms with Crippen LogP contribution in [0.15, 0.2) is 45.3 Å². The normalized spacial score (nSPS) is 12.7. The summed E-state index contributed by atoms with van der Waals surface area (Å²) in [6.45, 7) is 1.69. The quantitative estimate of drug-likeness (QED) is 0.380. The lowest BCUT2D eigenvalue weighted by Gasteiger charge is -2.20. The summed E-state index contributed by atoms with van der Waals surface area (Å²) in [7, 11) is 9.17. The number of thioether (sulfide) groups is 2. The summed E-state index contributed by atoms with van der Waals surface area (Å²) in [5.74, 6) is 0.851. The van der Waals surface area contributed by atoms with Gasteiger partial charge >= 0.3 is 6.08 Å². The van der Waals surface area contributed by atoms with E-state index in [0.717, 1.165) is 28.3 Å². The fraction of sp³-hybridized carbons (Fsp3) is 0.526. The lowest BCUT2D eigenvalue weighted by molar-refractivity contribution is 0.202. The van der Waals surface area contributed by atoms with Crippen molar-refractivity contribution in [1.29, 1.82) is 0 Å². The SMILES string of the molecule is CN=C(OC)OCCN=C(SCCN=C(SC)N(C)c1ccccc1)N(C)C. The van der Waals surface area contributed by atoms with Crippen molar-refractivity contribution in [1.82, 2.24) is 4.90 Å². The highest BCUT2D eigenvalue weighted by molar-refractivity contribution is 8.14. The lowest BCUT2D eigenvalue weighted by atomic mass is 10.3. The number of hydrogen-bond donors (Lipinski definition) is 0. The Morgan fingerprint density at radius 1 is 1.04 bits per heavy atom.